The van der Waals surface area contributed by atoms with E-state index in [0.29, 0.717) is 25.2 Å². The number of carbonyl (C=O) groups excluding carboxylic acids is 2. The first kappa shape index (κ1) is 16.2. The molecule has 0 spiro atoms. The molecule has 124 valence electrons. The normalized spacial score (nSPS) is 15.0. The summed E-state index contributed by atoms with van der Waals surface area (Å²) in [5.41, 5.74) is 3.58. The molecule has 0 bridgehead atoms. The molecule has 0 saturated carbocycles. The van der Waals surface area contributed by atoms with Crippen LogP contribution in [0.2, 0.25) is 0 Å². The third kappa shape index (κ3) is 4.00. The van der Waals surface area contributed by atoms with Gasteiger partial charge in [0.25, 0.3) is 5.91 Å². The zero-order valence-corrected chi connectivity index (χ0v) is 13.7. The average molecular weight is 323 g/mol. The van der Waals surface area contributed by atoms with Crippen LogP contribution in [0.15, 0.2) is 48.5 Å². The molecule has 1 heterocycles. The van der Waals surface area contributed by atoms with Crippen molar-refractivity contribution in [2.45, 2.75) is 13.5 Å². The second-order valence-corrected chi connectivity index (χ2v) is 6.03. The van der Waals surface area contributed by atoms with Crippen LogP contribution < -0.4 is 10.6 Å². The van der Waals surface area contributed by atoms with E-state index < -0.39 is 0 Å². The van der Waals surface area contributed by atoms with Gasteiger partial charge in [-0.05, 0) is 36.2 Å². The van der Waals surface area contributed by atoms with Gasteiger partial charge in [0.05, 0.1) is 6.54 Å². The number of para-hydroxylation sites is 1. The van der Waals surface area contributed by atoms with E-state index in [1.165, 1.54) is 0 Å². The number of benzene rings is 2. The molecule has 2 amide bonds. The maximum Gasteiger partial charge on any atom is 0.255 e. The van der Waals surface area contributed by atoms with Gasteiger partial charge in [0.2, 0.25) is 5.91 Å². The number of nitrogens with zero attached hydrogens (tertiary/aromatic N) is 1. The molecular weight excluding hydrogens is 302 g/mol. The number of carbonyl (C=O) groups is 2. The molecule has 5 heteroatoms. The highest BCUT2D eigenvalue weighted by molar-refractivity contribution is 6.04. The van der Waals surface area contributed by atoms with E-state index in [9.17, 15) is 9.59 Å². The van der Waals surface area contributed by atoms with Crippen LogP contribution in [0.4, 0.5) is 5.69 Å². The Morgan fingerprint density at radius 2 is 1.92 bits per heavy atom. The second kappa shape index (κ2) is 7.27. The number of hydrogen-bond acceptors (Lipinski definition) is 3. The zero-order chi connectivity index (χ0) is 16.9. The summed E-state index contributed by atoms with van der Waals surface area (Å²) in [7, 11) is 0. The first-order valence-electron chi connectivity index (χ1n) is 8.07. The molecule has 5 nitrogen and oxygen atoms in total. The first-order chi connectivity index (χ1) is 11.6. The molecular formula is C19H21N3O2. The standard InChI is InChI=1S/C19H21N3O2/c1-14-4-2-3-5-17(14)21-19(24)16-8-6-15(7-9-16)12-22-11-10-20-18(23)13-22/h2-9H,10-13H2,1H3,(H,20,23)(H,21,24). The summed E-state index contributed by atoms with van der Waals surface area (Å²) in [4.78, 5) is 25.8. The van der Waals surface area contributed by atoms with Gasteiger partial charge in [0, 0.05) is 30.9 Å². The van der Waals surface area contributed by atoms with E-state index in [2.05, 4.69) is 15.5 Å². The molecule has 1 fully saturated rings. The Bertz CT molecular complexity index is 741. The predicted molar refractivity (Wildman–Crippen MR) is 93.9 cm³/mol. The van der Waals surface area contributed by atoms with E-state index in [1.807, 2.05) is 55.5 Å². The van der Waals surface area contributed by atoms with E-state index in [4.69, 9.17) is 0 Å². The van der Waals surface area contributed by atoms with Crippen LogP contribution in [0, 0.1) is 6.92 Å². The molecule has 1 saturated heterocycles. The van der Waals surface area contributed by atoms with Gasteiger partial charge in [-0.1, -0.05) is 30.3 Å². The van der Waals surface area contributed by atoms with Crippen molar-refractivity contribution in [2.24, 2.45) is 0 Å². The fourth-order valence-corrected chi connectivity index (χ4v) is 2.75. The summed E-state index contributed by atoms with van der Waals surface area (Å²) in [5.74, 6) is -0.0521. The molecule has 2 N–H and O–H groups in total. The van der Waals surface area contributed by atoms with Crippen molar-refractivity contribution >= 4 is 17.5 Å². The topological polar surface area (TPSA) is 61.4 Å². The van der Waals surface area contributed by atoms with Gasteiger partial charge in [-0.25, -0.2) is 0 Å². The van der Waals surface area contributed by atoms with Crippen molar-refractivity contribution in [1.29, 1.82) is 0 Å². The predicted octanol–water partition coefficient (Wildman–Crippen LogP) is 2.18. The van der Waals surface area contributed by atoms with Crippen LogP contribution in [0.1, 0.15) is 21.5 Å². The molecule has 24 heavy (non-hydrogen) atoms. The lowest BCUT2D eigenvalue weighted by Gasteiger charge is -2.26. The van der Waals surface area contributed by atoms with Crippen LogP contribution in [0.25, 0.3) is 0 Å². The third-order valence-electron chi connectivity index (χ3n) is 4.13. The summed E-state index contributed by atoms with van der Waals surface area (Å²) >= 11 is 0. The largest absolute Gasteiger partial charge is 0.354 e. The molecule has 0 aliphatic carbocycles. The van der Waals surface area contributed by atoms with Crippen molar-refractivity contribution < 1.29 is 9.59 Å². The minimum Gasteiger partial charge on any atom is -0.354 e. The average Bonchev–Trinajstić information content (AvgIpc) is 2.57. The number of anilines is 1. The number of aryl methyl sites for hydroxylation is 1. The summed E-state index contributed by atoms with van der Waals surface area (Å²) in [6.07, 6.45) is 0. The Balaban J connectivity index is 1.62. The van der Waals surface area contributed by atoms with Crippen molar-refractivity contribution in [2.75, 3.05) is 25.0 Å². The van der Waals surface area contributed by atoms with Crippen LogP contribution in [-0.4, -0.2) is 36.3 Å². The van der Waals surface area contributed by atoms with Gasteiger partial charge < -0.3 is 10.6 Å². The van der Waals surface area contributed by atoms with E-state index in [-0.39, 0.29) is 11.8 Å². The number of amides is 2. The monoisotopic (exact) mass is 323 g/mol. The summed E-state index contributed by atoms with van der Waals surface area (Å²) in [6.45, 7) is 4.65. The molecule has 0 aromatic heterocycles. The lowest BCUT2D eigenvalue weighted by molar-refractivity contribution is -0.124. The van der Waals surface area contributed by atoms with E-state index in [0.717, 1.165) is 23.4 Å². The number of nitrogens with one attached hydrogen (secondary N) is 2. The van der Waals surface area contributed by atoms with Gasteiger partial charge in [-0.15, -0.1) is 0 Å². The van der Waals surface area contributed by atoms with Gasteiger partial charge in [-0.2, -0.15) is 0 Å². The quantitative estimate of drug-likeness (QED) is 0.906. The molecule has 0 radical (unpaired) electrons. The maximum atomic E-state index is 12.3. The maximum absolute atomic E-state index is 12.3. The smallest absolute Gasteiger partial charge is 0.255 e. The highest BCUT2D eigenvalue weighted by Gasteiger charge is 2.16. The van der Waals surface area contributed by atoms with Crippen LogP contribution in [0.5, 0.6) is 0 Å². The fourth-order valence-electron chi connectivity index (χ4n) is 2.75. The molecule has 2 aromatic carbocycles. The van der Waals surface area contributed by atoms with Gasteiger partial charge >= 0.3 is 0 Å². The molecule has 3 rings (SSSR count). The molecule has 0 unspecified atom stereocenters. The Kier molecular flexibility index (Phi) is 4.91. The third-order valence-corrected chi connectivity index (χ3v) is 4.13. The van der Waals surface area contributed by atoms with Gasteiger partial charge in [0.15, 0.2) is 0 Å². The Hall–Kier alpha value is -2.66. The van der Waals surface area contributed by atoms with Crippen molar-refractivity contribution in [3.05, 3.63) is 65.2 Å². The SMILES string of the molecule is Cc1ccccc1NC(=O)c1ccc(CN2CCNC(=O)C2)cc1. The molecule has 0 atom stereocenters. The zero-order valence-electron chi connectivity index (χ0n) is 13.7. The molecule has 2 aromatic rings. The fraction of sp³-hybridized carbons (Fsp3) is 0.263. The summed E-state index contributed by atoms with van der Waals surface area (Å²) < 4.78 is 0. The second-order valence-electron chi connectivity index (χ2n) is 6.03. The minimum absolute atomic E-state index is 0.0653. The highest BCUT2D eigenvalue weighted by atomic mass is 16.2. The molecule has 1 aliphatic heterocycles. The lowest BCUT2D eigenvalue weighted by atomic mass is 10.1. The van der Waals surface area contributed by atoms with Gasteiger partial charge in [-0.3, -0.25) is 14.5 Å². The summed E-state index contributed by atoms with van der Waals surface area (Å²) in [6, 6.07) is 15.2. The highest BCUT2D eigenvalue weighted by Crippen LogP contribution is 2.15. The van der Waals surface area contributed by atoms with Crippen molar-refractivity contribution in [1.82, 2.24) is 10.2 Å². The number of piperazine rings is 1. The summed E-state index contributed by atoms with van der Waals surface area (Å²) in [5, 5.41) is 5.75. The van der Waals surface area contributed by atoms with Gasteiger partial charge in [0.1, 0.15) is 0 Å². The van der Waals surface area contributed by atoms with E-state index in [1.54, 1.807) is 0 Å². The number of rotatable bonds is 4. The van der Waals surface area contributed by atoms with Crippen LogP contribution >= 0.6 is 0 Å². The van der Waals surface area contributed by atoms with E-state index >= 15 is 0 Å². The Morgan fingerprint density at radius 1 is 1.17 bits per heavy atom. The minimum atomic E-state index is -0.117. The van der Waals surface area contributed by atoms with Crippen molar-refractivity contribution in [3.8, 4) is 0 Å². The Morgan fingerprint density at radius 3 is 2.62 bits per heavy atom. The first-order valence-corrected chi connectivity index (χ1v) is 8.07. The lowest BCUT2D eigenvalue weighted by Crippen LogP contribution is -2.47. The van der Waals surface area contributed by atoms with Crippen LogP contribution in [-0.2, 0) is 11.3 Å². The molecule has 1 aliphatic rings. The van der Waals surface area contributed by atoms with Crippen molar-refractivity contribution in [3.63, 3.8) is 0 Å². The Labute approximate surface area is 141 Å². The van der Waals surface area contributed by atoms with Crippen LogP contribution in [0.3, 0.4) is 0 Å². The number of hydrogen-bond donors (Lipinski definition) is 2.